The van der Waals surface area contributed by atoms with Crippen LogP contribution in [0.4, 0.5) is 4.79 Å². The number of hydrogen-bond acceptors (Lipinski definition) is 6. The van der Waals surface area contributed by atoms with Crippen molar-refractivity contribution in [1.82, 2.24) is 9.88 Å². The van der Waals surface area contributed by atoms with Crippen LogP contribution in [0.3, 0.4) is 0 Å². The zero-order chi connectivity index (χ0) is 20.7. The highest BCUT2D eigenvalue weighted by atomic mass is 35.5. The van der Waals surface area contributed by atoms with Gasteiger partial charge in [-0.25, -0.2) is 9.78 Å². The predicted molar refractivity (Wildman–Crippen MR) is 106 cm³/mol. The summed E-state index contributed by atoms with van der Waals surface area (Å²) in [5, 5.41) is 21.6. The number of aliphatic hydroxyl groups excluding tert-OH is 1. The van der Waals surface area contributed by atoms with Gasteiger partial charge in [-0.1, -0.05) is 17.7 Å². The number of aliphatic hydroxyl groups is 2. The van der Waals surface area contributed by atoms with Crippen LogP contribution in [0.25, 0.3) is 10.8 Å². The van der Waals surface area contributed by atoms with Crippen molar-refractivity contribution in [3.8, 4) is 5.75 Å². The first-order valence-corrected chi connectivity index (χ1v) is 9.44. The van der Waals surface area contributed by atoms with E-state index in [4.69, 9.17) is 21.1 Å². The van der Waals surface area contributed by atoms with Gasteiger partial charge in [0.05, 0.1) is 19.7 Å². The van der Waals surface area contributed by atoms with E-state index in [-0.39, 0.29) is 17.4 Å². The maximum Gasteiger partial charge on any atom is 0.410 e. The van der Waals surface area contributed by atoms with Crippen molar-refractivity contribution in [3.63, 3.8) is 0 Å². The van der Waals surface area contributed by atoms with E-state index >= 15 is 0 Å². The van der Waals surface area contributed by atoms with Crippen molar-refractivity contribution in [2.45, 2.75) is 45.0 Å². The fourth-order valence-corrected chi connectivity index (χ4v) is 3.17. The highest BCUT2D eigenvalue weighted by Gasteiger charge is 2.35. The summed E-state index contributed by atoms with van der Waals surface area (Å²) in [6.45, 7) is 7.42. The van der Waals surface area contributed by atoms with Crippen LogP contribution in [0.15, 0.2) is 24.4 Å². The lowest BCUT2D eigenvalue weighted by atomic mass is 9.92. The van der Waals surface area contributed by atoms with Crippen molar-refractivity contribution in [3.05, 3.63) is 35.1 Å². The topological polar surface area (TPSA) is 92.1 Å². The van der Waals surface area contributed by atoms with E-state index in [1.54, 1.807) is 29.3 Å². The Morgan fingerprint density at radius 1 is 1.29 bits per heavy atom. The van der Waals surface area contributed by atoms with Crippen LogP contribution in [0.1, 0.15) is 33.3 Å². The third-order valence-corrected chi connectivity index (χ3v) is 4.72. The molecule has 0 saturated carbocycles. The Morgan fingerprint density at radius 3 is 2.57 bits per heavy atom. The third kappa shape index (κ3) is 4.32. The number of likely N-dealkylation sites (tertiary alicyclic amines) is 1. The van der Waals surface area contributed by atoms with E-state index in [1.165, 1.54) is 6.92 Å². The average molecular weight is 409 g/mol. The fourth-order valence-electron chi connectivity index (χ4n) is 3.01. The molecular weight excluding hydrogens is 384 g/mol. The summed E-state index contributed by atoms with van der Waals surface area (Å²) in [5.74, 6) is 0.575. The lowest BCUT2D eigenvalue weighted by Gasteiger charge is -2.39. The van der Waals surface area contributed by atoms with Gasteiger partial charge in [0.25, 0.3) is 0 Å². The van der Waals surface area contributed by atoms with Gasteiger partial charge in [-0.3, -0.25) is 0 Å². The lowest BCUT2D eigenvalue weighted by Crippen LogP contribution is -2.57. The molecule has 1 aromatic carbocycles. The predicted octanol–water partition coefficient (Wildman–Crippen LogP) is 3.09. The number of carbonyl (C=O) groups is 1. The molecule has 152 valence electrons. The number of ether oxygens (including phenoxy) is 2. The van der Waals surface area contributed by atoms with Gasteiger partial charge in [-0.2, -0.15) is 0 Å². The molecule has 1 aliphatic rings. The highest BCUT2D eigenvalue weighted by molar-refractivity contribution is 6.30. The number of pyridine rings is 1. The Morgan fingerprint density at radius 2 is 1.96 bits per heavy atom. The van der Waals surface area contributed by atoms with E-state index in [0.717, 1.165) is 0 Å². The first-order valence-electron chi connectivity index (χ1n) is 9.07. The first-order chi connectivity index (χ1) is 13.0. The van der Waals surface area contributed by atoms with Gasteiger partial charge < -0.3 is 24.6 Å². The number of nitrogens with zero attached hydrogens (tertiary/aromatic N) is 2. The standard InChI is InChI=1S/C20H25ClN2O5/c1-19(2,3)28-18(25)23-9-12(10-23)27-16-6-5-15(20(4,26)11-24)13-7-17(21)22-8-14(13)16/h5-8,12,24,26H,9-11H2,1-4H3. The normalized spacial score (nSPS) is 17.2. The minimum absolute atomic E-state index is 0.171. The lowest BCUT2D eigenvalue weighted by molar-refractivity contribution is -0.0218. The number of carbonyl (C=O) groups excluding carboxylic acids is 1. The van der Waals surface area contributed by atoms with Crippen molar-refractivity contribution in [1.29, 1.82) is 0 Å². The van der Waals surface area contributed by atoms with Crippen LogP contribution in [-0.4, -0.2) is 57.6 Å². The van der Waals surface area contributed by atoms with Crippen LogP contribution in [0, 0.1) is 0 Å². The molecular formula is C20H25ClN2O5. The molecule has 1 unspecified atom stereocenters. The summed E-state index contributed by atoms with van der Waals surface area (Å²) in [6, 6.07) is 5.07. The maximum atomic E-state index is 12.0. The van der Waals surface area contributed by atoms with Crippen molar-refractivity contribution >= 4 is 28.5 Å². The van der Waals surface area contributed by atoms with Gasteiger partial charge in [-0.15, -0.1) is 0 Å². The molecule has 0 bridgehead atoms. The van der Waals surface area contributed by atoms with E-state index < -0.39 is 17.8 Å². The smallest absolute Gasteiger partial charge is 0.410 e. The minimum atomic E-state index is -1.43. The number of hydrogen-bond donors (Lipinski definition) is 2. The minimum Gasteiger partial charge on any atom is -0.486 e. The van der Waals surface area contributed by atoms with Crippen molar-refractivity contribution in [2.24, 2.45) is 0 Å². The van der Waals surface area contributed by atoms with E-state index in [2.05, 4.69) is 4.98 Å². The molecule has 1 atom stereocenters. The van der Waals surface area contributed by atoms with Crippen LogP contribution in [0.2, 0.25) is 5.15 Å². The molecule has 1 saturated heterocycles. The molecule has 1 aromatic heterocycles. The summed E-state index contributed by atoms with van der Waals surface area (Å²) in [7, 11) is 0. The average Bonchev–Trinajstić information content (AvgIpc) is 2.55. The van der Waals surface area contributed by atoms with Crippen LogP contribution < -0.4 is 4.74 Å². The summed E-state index contributed by atoms with van der Waals surface area (Å²) in [4.78, 5) is 17.7. The van der Waals surface area contributed by atoms with E-state index in [1.807, 2.05) is 20.8 Å². The van der Waals surface area contributed by atoms with Gasteiger partial charge in [0.15, 0.2) is 0 Å². The Labute approximate surface area is 168 Å². The second-order valence-electron chi connectivity index (χ2n) is 8.22. The second-order valence-corrected chi connectivity index (χ2v) is 8.61. The third-order valence-electron chi connectivity index (χ3n) is 4.51. The quantitative estimate of drug-likeness (QED) is 0.755. The number of fused-ring (bicyclic) bond motifs is 1. The molecule has 1 amide bonds. The largest absolute Gasteiger partial charge is 0.486 e. The molecule has 2 N–H and O–H groups in total. The molecule has 1 aliphatic heterocycles. The number of benzene rings is 1. The molecule has 1 fully saturated rings. The Balaban J connectivity index is 1.79. The molecule has 0 aliphatic carbocycles. The van der Waals surface area contributed by atoms with E-state index in [9.17, 15) is 15.0 Å². The summed E-state index contributed by atoms with van der Waals surface area (Å²) in [5.41, 5.74) is -1.43. The zero-order valence-electron chi connectivity index (χ0n) is 16.4. The number of amides is 1. The molecule has 0 radical (unpaired) electrons. The molecule has 2 aromatic rings. The number of halogens is 1. The Kier molecular flexibility index (Phi) is 5.44. The number of aromatic nitrogens is 1. The second kappa shape index (κ2) is 7.39. The first kappa shape index (κ1) is 20.6. The van der Waals surface area contributed by atoms with E-state index in [0.29, 0.717) is 35.2 Å². The summed E-state index contributed by atoms with van der Waals surface area (Å²) in [6.07, 6.45) is 1.05. The molecule has 7 nitrogen and oxygen atoms in total. The van der Waals surface area contributed by atoms with Gasteiger partial charge in [0.2, 0.25) is 0 Å². The summed E-state index contributed by atoms with van der Waals surface area (Å²) < 4.78 is 11.4. The van der Waals surface area contributed by atoms with Crippen LogP contribution in [-0.2, 0) is 10.3 Å². The maximum absolute atomic E-state index is 12.0. The SMILES string of the molecule is CC(C)(C)OC(=O)N1CC(Oc2ccc(C(C)(O)CO)c3cc(Cl)ncc23)C1. The molecule has 2 heterocycles. The highest BCUT2D eigenvalue weighted by Crippen LogP contribution is 2.36. The monoisotopic (exact) mass is 408 g/mol. The van der Waals surface area contributed by atoms with Gasteiger partial charge in [0, 0.05) is 11.6 Å². The molecule has 0 spiro atoms. The Bertz CT molecular complexity index is 888. The van der Waals surface area contributed by atoms with Gasteiger partial charge in [0.1, 0.15) is 28.2 Å². The van der Waals surface area contributed by atoms with Crippen molar-refractivity contribution in [2.75, 3.05) is 19.7 Å². The summed E-state index contributed by atoms with van der Waals surface area (Å²) >= 11 is 6.03. The van der Waals surface area contributed by atoms with Crippen LogP contribution >= 0.6 is 11.6 Å². The molecule has 3 rings (SSSR count). The molecule has 28 heavy (non-hydrogen) atoms. The van der Waals surface area contributed by atoms with Crippen molar-refractivity contribution < 1.29 is 24.5 Å². The van der Waals surface area contributed by atoms with Gasteiger partial charge in [-0.05, 0) is 50.8 Å². The molecule has 8 heteroatoms. The Hall–Kier alpha value is -2.09. The number of rotatable bonds is 4. The van der Waals surface area contributed by atoms with Gasteiger partial charge >= 0.3 is 6.09 Å². The van der Waals surface area contributed by atoms with Crippen LogP contribution in [0.5, 0.6) is 5.75 Å². The zero-order valence-corrected chi connectivity index (χ0v) is 17.2. The fraction of sp³-hybridized carbons (Fsp3) is 0.500.